The number of anilines is 1. The van der Waals surface area contributed by atoms with Gasteiger partial charge in [-0.25, -0.2) is 0 Å². The Kier molecular flexibility index (Phi) is 7.13. The molecule has 2 aromatic heterocycles. The van der Waals surface area contributed by atoms with Gasteiger partial charge in [-0.2, -0.15) is 5.10 Å². The monoisotopic (exact) mass is 384 g/mol. The van der Waals surface area contributed by atoms with Crippen molar-refractivity contribution in [2.75, 3.05) is 31.5 Å². The minimum atomic E-state index is -0.701. The molecule has 3 heterocycles. The van der Waals surface area contributed by atoms with Crippen LogP contribution in [-0.4, -0.2) is 57.7 Å². The van der Waals surface area contributed by atoms with E-state index in [1.807, 2.05) is 18.2 Å². The van der Waals surface area contributed by atoms with E-state index in [9.17, 15) is 9.59 Å². The molecule has 2 N–H and O–H groups in total. The SMILES string of the molecule is C[C@@H](CNC(=O)C(=O)Nc1ccn(Cc2ccccn2)n1)CN1CCCCC1. The van der Waals surface area contributed by atoms with Gasteiger partial charge in [-0.1, -0.05) is 19.4 Å². The summed E-state index contributed by atoms with van der Waals surface area (Å²) in [6.07, 6.45) is 7.25. The standard InChI is InChI=1S/C20H28N6O2/c1-16(14-25-10-5-2-6-11-25)13-22-19(27)20(28)23-18-8-12-26(24-18)15-17-7-3-4-9-21-17/h3-4,7-9,12,16H,2,5-6,10-11,13-15H2,1H3,(H,22,27)(H,23,24,28)/t16-/m0/s1. The Morgan fingerprint density at radius 1 is 1.14 bits per heavy atom. The lowest BCUT2D eigenvalue weighted by Gasteiger charge is -2.29. The number of nitrogens with zero attached hydrogens (tertiary/aromatic N) is 4. The highest BCUT2D eigenvalue weighted by atomic mass is 16.2. The largest absolute Gasteiger partial charge is 0.348 e. The van der Waals surface area contributed by atoms with Crippen molar-refractivity contribution < 1.29 is 9.59 Å². The van der Waals surface area contributed by atoms with Crippen LogP contribution in [0.3, 0.4) is 0 Å². The van der Waals surface area contributed by atoms with E-state index in [0.717, 1.165) is 25.3 Å². The number of piperidine rings is 1. The maximum absolute atomic E-state index is 12.1. The fourth-order valence-corrected chi connectivity index (χ4v) is 3.34. The molecule has 0 aromatic carbocycles. The molecule has 0 spiro atoms. The maximum atomic E-state index is 12.1. The van der Waals surface area contributed by atoms with Crippen molar-refractivity contribution in [1.29, 1.82) is 0 Å². The summed E-state index contributed by atoms with van der Waals surface area (Å²) in [5, 5.41) is 9.51. The third-order valence-electron chi connectivity index (χ3n) is 4.77. The summed E-state index contributed by atoms with van der Waals surface area (Å²) < 4.78 is 1.66. The van der Waals surface area contributed by atoms with Crippen molar-refractivity contribution >= 4 is 17.6 Å². The quantitative estimate of drug-likeness (QED) is 0.706. The molecule has 28 heavy (non-hydrogen) atoms. The van der Waals surface area contributed by atoms with Gasteiger partial charge in [0.05, 0.1) is 12.2 Å². The number of hydrogen-bond acceptors (Lipinski definition) is 5. The molecule has 0 unspecified atom stereocenters. The maximum Gasteiger partial charge on any atom is 0.314 e. The third-order valence-corrected chi connectivity index (χ3v) is 4.77. The Balaban J connectivity index is 1.40. The van der Waals surface area contributed by atoms with E-state index in [0.29, 0.717) is 24.8 Å². The van der Waals surface area contributed by atoms with Crippen LogP contribution in [0.25, 0.3) is 0 Å². The fraction of sp³-hybridized carbons (Fsp3) is 0.500. The number of nitrogens with one attached hydrogen (secondary N) is 2. The molecule has 0 radical (unpaired) electrons. The minimum absolute atomic E-state index is 0.299. The molecule has 8 heteroatoms. The number of carbonyl (C=O) groups is 2. The lowest BCUT2D eigenvalue weighted by atomic mass is 10.1. The topological polar surface area (TPSA) is 92.2 Å². The van der Waals surface area contributed by atoms with Crippen LogP contribution in [0.4, 0.5) is 5.82 Å². The van der Waals surface area contributed by atoms with Gasteiger partial charge >= 0.3 is 11.8 Å². The molecule has 1 aliphatic heterocycles. The van der Waals surface area contributed by atoms with Crippen LogP contribution < -0.4 is 10.6 Å². The van der Waals surface area contributed by atoms with Gasteiger partial charge < -0.3 is 15.5 Å². The van der Waals surface area contributed by atoms with Crippen LogP contribution in [0.5, 0.6) is 0 Å². The van der Waals surface area contributed by atoms with E-state index < -0.39 is 11.8 Å². The second-order valence-electron chi connectivity index (χ2n) is 7.35. The van der Waals surface area contributed by atoms with E-state index in [1.165, 1.54) is 19.3 Å². The summed E-state index contributed by atoms with van der Waals surface area (Å²) in [5.74, 6) is -0.692. The molecule has 2 amide bonds. The van der Waals surface area contributed by atoms with E-state index in [2.05, 4.69) is 32.5 Å². The summed E-state index contributed by atoms with van der Waals surface area (Å²) in [5.41, 5.74) is 0.865. The van der Waals surface area contributed by atoms with Crippen molar-refractivity contribution in [2.24, 2.45) is 5.92 Å². The molecule has 0 saturated carbocycles. The van der Waals surface area contributed by atoms with Gasteiger partial charge in [0.2, 0.25) is 0 Å². The average Bonchev–Trinajstić information content (AvgIpc) is 3.14. The Morgan fingerprint density at radius 2 is 1.96 bits per heavy atom. The van der Waals surface area contributed by atoms with Gasteiger partial charge in [-0.15, -0.1) is 0 Å². The van der Waals surface area contributed by atoms with Crippen LogP contribution in [0.15, 0.2) is 36.7 Å². The Bertz CT molecular complexity index is 770. The molecule has 1 saturated heterocycles. The van der Waals surface area contributed by atoms with E-state index in [4.69, 9.17) is 0 Å². The van der Waals surface area contributed by atoms with E-state index >= 15 is 0 Å². The van der Waals surface area contributed by atoms with Crippen molar-refractivity contribution in [1.82, 2.24) is 25.0 Å². The highest BCUT2D eigenvalue weighted by Gasteiger charge is 2.18. The summed E-state index contributed by atoms with van der Waals surface area (Å²) in [7, 11) is 0. The Hall–Kier alpha value is -2.74. The molecule has 2 aromatic rings. The highest BCUT2D eigenvalue weighted by molar-refractivity contribution is 6.39. The van der Waals surface area contributed by atoms with Crippen LogP contribution in [0.2, 0.25) is 0 Å². The lowest BCUT2D eigenvalue weighted by molar-refractivity contribution is -0.136. The third kappa shape index (κ3) is 6.16. The second-order valence-corrected chi connectivity index (χ2v) is 7.35. The number of amides is 2. The van der Waals surface area contributed by atoms with Crippen LogP contribution in [-0.2, 0) is 16.1 Å². The van der Waals surface area contributed by atoms with Gasteiger partial charge in [0.25, 0.3) is 0 Å². The predicted octanol–water partition coefficient (Wildman–Crippen LogP) is 1.50. The molecule has 1 fully saturated rings. The van der Waals surface area contributed by atoms with Gasteiger partial charge in [0.1, 0.15) is 0 Å². The summed E-state index contributed by atoms with van der Waals surface area (Å²) >= 11 is 0. The lowest BCUT2D eigenvalue weighted by Crippen LogP contribution is -2.41. The highest BCUT2D eigenvalue weighted by Crippen LogP contribution is 2.10. The molecule has 1 atom stereocenters. The van der Waals surface area contributed by atoms with Crippen LogP contribution in [0.1, 0.15) is 31.9 Å². The van der Waals surface area contributed by atoms with Crippen molar-refractivity contribution in [3.63, 3.8) is 0 Å². The number of aromatic nitrogens is 3. The van der Waals surface area contributed by atoms with Crippen molar-refractivity contribution in [2.45, 2.75) is 32.7 Å². The van der Waals surface area contributed by atoms with E-state index in [-0.39, 0.29) is 0 Å². The number of rotatable bonds is 7. The molecule has 150 valence electrons. The van der Waals surface area contributed by atoms with Crippen molar-refractivity contribution in [3.05, 3.63) is 42.4 Å². The molecule has 8 nitrogen and oxygen atoms in total. The van der Waals surface area contributed by atoms with Gasteiger partial charge in [-0.05, 0) is 44.0 Å². The van der Waals surface area contributed by atoms with Gasteiger partial charge in [0.15, 0.2) is 5.82 Å². The smallest absolute Gasteiger partial charge is 0.314 e. The molecule has 1 aliphatic rings. The van der Waals surface area contributed by atoms with Crippen LogP contribution in [0, 0.1) is 5.92 Å². The number of pyridine rings is 1. The molecule has 0 bridgehead atoms. The molecular weight excluding hydrogens is 356 g/mol. The Morgan fingerprint density at radius 3 is 2.71 bits per heavy atom. The second kappa shape index (κ2) is 9.98. The first-order valence-corrected chi connectivity index (χ1v) is 9.85. The van der Waals surface area contributed by atoms with E-state index in [1.54, 1.807) is 23.1 Å². The first-order chi connectivity index (χ1) is 13.6. The first-order valence-electron chi connectivity index (χ1n) is 9.85. The fourth-order valence-electron chi connectivity index (χ4n) is 3.34. The molecular formula is C20H28N6O2. The number of likely N-dealkylation sites (tertiary alicyclic amines) is 1. The molecule has 3 rings (SSSR count). The summed E-state index contributed by atoms with van der Waals surface area (Å²) in [6.45, 7) is 6.26. The summed E-state index contributed by atoms with van der Waals surface area (Å²) in [6, 6.07) is 7.32. The first kappa shape index (κ1) is 20.0. The normalized spacial score (nSPS) is 15.8. The summed E-state index contributed by atoms with van der Waals surface area (Å²) in [4.78, 5) is 30.8. The number of carbonyl (C=O) groups excluding carboxylic acids is 2. The Labute approximate surface area is 165 Å². The number of hydrogen-bond donors (Lipinski definition) is 2. The predicted molar refractivity (Wildman–Crippen MR) is 107 cm³/mol. The zero-order chi connectivity index (χ0) is 19.8. The van der Waals surface area contributed by atoms with Crippen molar-refractivity contribution in [3.8, 4) is 0 Å². The minimum Gasteiger partial charge on any atom is -0.348 e. The molecule has 0 aliphatic carbocycles. The van der Waals surface area contributed by atoms with Gasteiger partial charge in [0, 0.05) is 31.5 Å². The zero-order valence-corrected chi connectivity index (χ0v) is 16.3. The van der Waals surface area contributed by atoms with Gasteiger partial charge in [-0.3, -0.25) is 19.3 Å². The average molecular weight is 384 g/mol. The zero-order valence-electron chi connectivity index (χ0n) is 16.3. The van der Waals surface area contributed by atoms with Crippen LogP contribution >= 0.6 is 0 Å².